The van der Waals surface area contributed by atoms with Gasteiger partial charge in [-0.05, 0) is 90.6 Å². The molecule has 4 heteroatoms. The molecule has 206 valence electrons. The lowest BCUT2D eigenvalue weighted by Crippen LogP contribution is -2.33. The van der Waals surface area contributed by atoms with Crippen LogP contribution in [0.2, 0.25) is 0 Å². The van der Waals surface area contributed by atoms with Crippen LogP contribution in [0, 0.1) is 5.92 Å². The molecule has 0 aliphatic heterocycles. The zero-order valence-corrected chi connectivity index (χ0v) is 23.5. The summed E-state index contributed by atoms with van der Waals surface area (Å²) < 4.78 is 5.68. The van der Waals surface area contributed by atoms with Crippen LogP contribution in [-0.4, -0.2) is 31.0 Å². The Kier molecular flexibility index (Phi) is 9.65. The van der Waals surface area contributed by atoms with E-state index in [9.17, 15) is 4.79 Å². The predicted molar refractivity (Wildman–Crippen MR) is 164 cm³/mol. The number of benzene rings is 4. The standard InChI is InChI=1S/C36H40N2O2/c1-40-35-15-8-14-32-20-17-31(25-34(32)35)27-38(26-30-12-6-3-7-13-30)23-9-16-36(39)37-33-21-18-29(19-22-33)24-28-10-4-2-5-11-28/h2-8,10-15,18-19,21-22,31H,9,16-17,20,23-27H2,1H3,(H,37,39). The number of carbonyl (C=O) groups is 1. The second-order valence-electron chi connectivity index (χ2n) is 10.9. The number of hydrogen-bond acceptors (Lipinski definition) is 3. The van der Waals surface area contributed by atoms with Crippen LogP contribution in [0.15, 0.2) is 103 Å². The Bertz CT molecular complexity index is 1340. The van der Waals surface area contributed by atoms with Crippen molar-refractivity contribution in [3.8, 4) is 5.75 Å². The van der Waals surface area contributed by atoms with E-state index in [0.717, 1.165) is 56.8 Å². The van der Waals surface area contributed by atoms with Crippen LogP contribution in [0.4, 0.5) is 5.69 Å². The van der Waals surface area contributed by atoms with Gasteiger partial charge in [0.1, 0.15) is 5.75 Å². The molecule has 5 rings (SSSR count). The zero-order valence-electron chi connectivity index (χ0n) is 23.5. The molecule has 1 N–H and O–H groups in total. The fraction of sp³-hybridized carbons (Fsp3) is 0.306. The summed E-state index contributed by atoms with van der Waals surface area (Å²) in [6, 6.07) is 35.7. The van der Waals surface area contributed by atoms with Crippen LogP contribution in [-0.2, 0) is 30.6 Å². The number of hydrogen-bond donors (Lipinski definition) is 1. The number of nitrogens with one attached hydrogen (secondary N) is 1. The topological polar surface area (TPSA) is 41.6 Å². The van der Waals surface area contributed by atoms with Crippen molar-refractivity contribution in [2.75, 3.05) is 25.5 Å². The molecule has 1 aliphatic rings. The summed E-state index contributed by atoms with van der Waals surface area (Å²) in [6.07, 6.45) is 5.57. The van der Waals surface area contributed by atoms with E-state index in [1.165, 1.54) is 34.2 Å². The highest BCUT2D eigenvalue weighted by atomic mass is 16.5. The minimum atomic E-state index is 0.0757. The molecule has 1 amide bonds. The van der Waals surface area contributed by atoms with Gasteiger partial charge in [-0.1, -0.05) is 84.9 Å². The first-order chi connectivity index (χ1) is 19.7. The number of fused-ring (bicyclic) bond motifs is 1. The van der Waals surface area contributed by atoms with Gasteiger partial charge < -0.3 is 10.1 Å². The fourth-order valence-electron chi connectivity index (χ4n) is 5.84. The Morgan fingerprint density at radius 3 is 2.27 bits per heavy atom. The van der Waals surface area contributed by atoms with E-state index in [1.807, 2.05) is 18.2 Å². The van der Waals surface area contributed by atoms with Crippen molar-refractivity contribution in [1.82, 2.24) is 4.90 Å². The average Bonchev–Trinajstić information content (AvgIpc) is 2.99. The highest BCUT2D eigenvalue weighted by Gasteiger charge is 2.23. The molecule has 0 bridgehead atoms. The number of rotatable bonds is 12. The second-order valence-corrected chi connectivity index (χ2v) is 10.9. The molecule has 0 saturated heterocycles. The minimum Gasteiger partial charge on any atom is -0.496 e. The maximum atomic E-state index is 12.8. The molecular weight excluding hydrogens is 492 g/mol. The van der Waals surface area contributed by atoms with Gasteiger partial charge in [-0.25, -0.2) is 0 Å². The number of aryl methyl sites for hydroxylation is 1. The van der Waals surface area contributed by atoms with E-state index in [2.05, 4.69) is 95.1 Å². The molecule has 1 aliphatic carbocycles. The number of ether oxygens (including phenoxy) is 1. The van der Waals surface area contributed by atoms with E-state index in [4.69, 9.17) is 4.74 Å². The molecule has 0 saturated carbocycles. The fourth-order valence-corrected chi connectivity index (χ4v) is 5.84. The maximum Gasteiger partial charge on any atom is 0.224 e. The summed E-state index contributed by atoms with van der Waals surface area (Å²) >= 11 is 0. The van der Waals surface area contributed by atoms with Gasteiger partial charge in [0.25, 0.3) is 0 Å². The summed E-state index contributed by atoms with van der Waals surface area (Å²) in [5.41, 5.74) is 7.50. The lowest BCUT2D eigenvalue weighted by Gasteiger charge is -2.31. The highest BCUT2D eigenvalue weighted by molar-refractivity contribution is 5.90. The SMILES string of the molecule is COc1cccc2c1CC(CN(CCCC(=O)Nc1ccc(Cc3ccccc3)cc1)Cc1ccccc1)CC2. The summed E-state index contributed by atoms with van der Waals surface area (Å²) in [5, 5.41) is 3.09. The molecule has 4 aromatic rings. The Balaban J connectivity index is 1.14. The molecule has 0 aromatic heterocycles. The number of anilines is 1. The second kappa shape index (κ2) is 14.0. The predicted octanol–water partition coefficient (Wildman–Crippen LogP) is 7.31. The highest BCUT2D eigenvalue weighted by Crippen LogP contribution is 2.33. The van der Waals surface area contributed by atoms with Crippen molar-refractivity contribution in [2.45, 2.75) is 45.1 Å². The molecule has 0 fully saturated rings. The van der Waals surface area contributed by atoms with Crippen molar-refractivity contribution in [3.63, 3.8) is 0 Å². The zero-order chi connectivity index (χ0) is 27.6. The van der Waals surface area contributed by atoms with Crippen molar-refractivity contribution in [3.05, 3.63) is 131 Å². The first-order valence-electron chi connectivity index (χ1n) is 14.5. The molecule has 0 radical (unpaired) electrons. The van der Waals surface area contributed by atoms with E-state index < -0.39 is 0 Å². The van der Waals surface area contributed by atoms with E-state index in [1.54, 1.807) is 7.11 Å². The molecule has 1 atom stereocenters. The maximum absolute atomic E-state index is 12.8. The first kappa shape index (κ1) is 27.7. The van der Waals surface area contributed by atoms with Crippen LogP contribution in [0.1, 0.15) is 47.1 Å². The smallest absolute Gasteiger partial charge is 0.224 e. The van der Waals surface area contributed by atoms with E-state index >= 15 is 0 Å². The summed E-state index contributed by atoms with van der Waals surface area (Å²) in [7, 11) is 1.77. The van der Waals surface area contributed by atoms with E-state index in [-0.39, 0.29) is 5.91 Å². The normalized spacial score (nSPS) is 14.5. The van der Waals surface area contributed by atoms with Gasteiger partial charge in [-0.3, -0.25) is 9.69 Å². The van der Waals surface area contributed by atoms with Crippen LogP contribution in [0.25, 0.3) is 0 Å². The Labute approximate surface area is 239 Å². The molecule has 4 nitrogen and oxygen atoms in total. The van der Waals surface area contributed by atoms with Crippen molar-refractivity contribution >= 4 is 11.6 Å². The van der Waals surface area contributed by atoms with Gasteiger partial charge in [0, 0.05) is 25.2 Å². The van der Waals surface area contributed by atoms with Crippen LogP contribution in [0.5, 0.6) is 5.75 Å². The van der Waals surface area contributed by atoms with Gasteiger partial charge in [0.2, 0.25) is 5.91 Å². The van der Waals surface area contributed by atoms with E-state index in [0.29, 0.717) is 12.3 Å². The Morgan fingerprint density at radius 1 is 0.850 bits per heavy atom. The monoisotopic (exact) mass is 532 g/mol. The largest absolute Gasteiger partial charge is 0.496 e. The molecule has 40 heavy (non-hydrogen) atoms. The average molecular weight is 533 g/mol. The number of methoxy groups -OCH3 is 1. The third-order valence-corrected chi connectivity index (χ3v) is 7.90. The van der Waals surface area contributed by atoms with Gasteiger partial charge in [0.15, 0.2) is 0 Å². The molecule has 0 spiro atoms. The molecule has 0 heterocycles. The summed E-state index contributed by atoms with van der Waals surface area (Å²) in [5.74, 6) is 1.67. The quantitative estimate of drug-likeness (QED) is 0.208. The van der Waals surface area contributed by atoms with Crippen molar-refractivity contribution in [1.29, 1.82) is 0 Å². The number of amides is 1. The lowest BCUT2D eigenvalue weighted by molar-refractivity contribution is -0.116. The van der Waals surface area contributed by atoms with Crippen LogP contribution >= 0.6 is 0 Å². The van der Waals surface area contributed by atoms with Gasteiger partial charge >= 0.3 is 0 Å². The van der Waals surface area contributed by atoms with Crippen molar-refractivity contribution < 1.29 is 9.53 Å². The third kappa shape index (κ3) is 7.83. The molecule has 4 aromatic carbocycles. The third-order valence-electron chi connectivity index (χ3n) is 7.90. The Morgan fingerprint density at radius 2 is 1.55 bits per heavy atom. The lowest BCUT2D eigenvalue weighted by atomic mass is 9.83. The summed E-state index contributed by atoms with van der Waals surface area (Å²) in [4.78, 5) is 15.3. The van der Waals surface area contributed by atoms with Crippen LogP contribution < -0.4 is 10.1 Å². The first-order valence-corrected chi connectivity index (χ1v) is 14.5. The minimum absolute atomic E-state index is 0.0757. The summed E-state index contributed by atoms with van der Waals surface area (Å²) in [6.45, 7) is 2.82. The number of carbonyl (C=O) groups excluding carboxylic acids is 1. The number of nitrogens with zero attached hydrogens (tertiary/aromatic N) is 1. The van der Waals surface area contributed by atoms with Gasteiger partial charge in [0.05, 0.1) is 7.11 Å². The molecule has 1 unspecified atom stereocenters. The molecular formula is C36H40N2O2. The Hall–Kier alpha value is -3.89. The van der Waals surface area contributed by atoms with Crippen LogP contribution in [0.3, 0.4) is 0 Å². The van der Waals surface area contributed by atoms with Gasteiger partial charge in [-0.15, -0.1) is 0 Å². The van der Waals surface area contributed by atoms with Crippen molar-refractivity contribution in [2.24, 2.45) is 5.92 Å². The van der Waals surface area contributed by atoms with Gasteiger partial charge in [-0.2, -0.15) is 0 Å².